The Bertz CT molecular complexity index is 411. The molecule has 5 heteroatoms. The summed E-state index contributed by atoms with van der Waals surface area (Å²) in [5.41, 5.74) is 0.571. The van der Waals surface area contributed by atoms with Crippen LogP contribution in [0.1, 0.15) is 13.8 Å². The van der Waals surface area contributed by atoms with Crippen LogP contribution in [0.25, 0.3) is 0 Å². The first-order chi connectivity index (χ1) is 8.62. The number of rotatable bonds is 4. The van der Waals surface area contributed by atoms with Gasteiger partial charge >= 0.3 is 11.8 Å². The number of likely N-dealkylation sites (N-methyl/N-ethyl adjacent to an activating group) is 1. The summed E-state index contributed by atoms with van der Waals surface area (Å²) in [4.78, 5) is 24.9. The number of nitrogens with one attached hydrogen (secondary N) is 1. The number of carbonyl (C=O) groups is 2. The van der Waals surface area contributed by atoms with Gasteiger partial charge in [-0.3, -0.25) is 9.59 Å². The maximum atomic E-state index is 11.7. The van der Waals surface area contributed by atoms with E-state index in [1.807, 2.05) is 13.8 Å². The van der Waals surface area contributed by atoms with Crippen molar-refractivity contribution in [2.75, 3.05) is 25.5 Å². The van der Waals surface area contributed by atoms with Crippen molar-refractivity contribution in [3.8, 4) is 5.75 Å². The molecule has 0 atom stereocenters. The molecule has 0 spiro atoms. The predicted molar refractivity (Wildman–Crippen MR) is 69.6 cm³/mol. The lowest BCUT2D eigenvalue weighted by Crippen LogP contribution is -2.39. The molecule has 1 N–H and O–H groups in total. The Morgan fingerprint density at radius 3 is 2.17 bits per heavy atom. The van der Waals surface area contributed by atoms with Gasteiger partial charge in [-0.25, -0.2) is 0 Å². The van der Waals surface area contributed by atoms with E-state index in [4.69, 9.17) is 4.74 Å². The first-order valence-corrected chi connectivity index (χ1v) is 5.86. The molecule has 0 saturated carbocycles. The monoisotopic (exact) mass is 250 g/mol. The molecule has 0 bridgehead atoms. The van der Waals surface area contributed by atoms with Crippen molar-refractivity contribution in [3.05, 3.63) is 24.3 Å². The molecule has 18 heavy (non-hydrogen) atoms. The van der Waals surface area contributed by atoms with E-state index >= 15 is 0 Å². The molecule has 0 aliphatic heterocycles. The van der Waals surface area contributed by atoms with Crippen LogP contribution in [0.15, 0.2) is 24.3 Å². The van der Waals surface area contributed by atoms with Crippen LogP contribution >= 0.6 is 0 Å². The molecule has 2 amide bonds. The maximum Gasteiger partial charge on any atom is 0.313 e. The van der Waals surface area contributed by atoms with Gasteiger partial charge in [-0.2, -0.15) is 0 Å². The van der Waals surface area contributed by atoms with Crippen LogP contribution in [0.5, 0.6) is 5.75 Å². The summed E-state index contributed by atoms with van der Waals surface area (Å²) in [7, 11) is 1.57. The number of hydrogen-bond acceptors (Lipinski definition) is 3. The zero-order valence-electron chi connectivity index (χ0n) is 10.9. The van der Waals surface area contributed by atoms with E-state index in [-0.39, 0.29) is 0 Å². The van der Waals surface area contributed by atoms with Crippen LogP contribution in [0, 0.1) is 0 Å². The zero-order chi connectivity index (χ0) is 13.5. The van der Waals surface area contributed by atoms with E-state index in [1.54, 1.807) is 31.4 Å². The van der Waals surface area contributed by atoms with Crippen molar-refractivity contribution in [2.24, 2.45) is 0 Å². The Morgan fingerprint density at radius 2 is 1.72 bits per heavy atom. The number of anilines is 1. The molecule has 0 unspecified atom stereocenters. The Kier molecular flexibility index (Phi) is 5.17. The van der Waals surface area contributed by atoms with Gasteiger partial charge in [0.1, 0.15) is 5.75 Å². The Balaban J connectivity index is 2.66. The minimum atomic E-state index is -0.621. The number of ether oxygens (including phenoxy) is 1. The highest BCUT2D eigenvalue weighted by atomic mass is 16.5. The van der Waals surface area contributed by atoms with E-state index in [0.29, 0.717) is 24.5 Å². The molecule has 1 aromatic rings. The molecule has 0 aliphatic rings. The molecular weight excluding hydrogens is 232 g/mol. The van der Waals surface area contributed by atoms with Gasteiger partial charge in [0, 0.05) is 18.8 Å². The van der Waals surface area contributed by atoms with E-state index < -0.39 is 11.8 Å². The zero-order valence-corrected chi connectivity index (χ0v) is 10.9. The molecule has 1 aromatic carbocycles. The first-order valence-electron chi connectivity index (χ1n) is 5.86. The summed E-state index contributed by atoms with van der Waals surface area (Å²) in [6, 6.07) is 6.81. The second kappa shape index (κ2) is 6.64. The van der Waals surface area contributed by atoms with Gasteiger partial charge in [0.2, 0.25) is 0 Å². The number of carbonyl (C=O) groups excluding carboxylic acids is 2. The van der Waals surface area contributed by atoms with E-state index in [9.17, 15) is 9.59 Å². The molecule has 5 nitrogen and oxygen atoms in total. The van der Waals surface area contributed by atoms with Crippen molar-refractivity contribution in [3.63, 3.8) is 0 Å². The third-order valence-corrected chi connectivity index (χ3v) is 2.59. The molecule has 0 aliphatic carbocycles. The normalized spacial score (nSPS) is 9.72. The Labute approximate surface area is 107 Å². The lowest BCUT2D eigenvalue weighted by Gasteiger charge is -2.17. The van der Waals surface area contributed by atoms with Gasteiger partial charge in [0.05, 0.1) is 7.11 Å². The van der Waals surface area contributed by atoms with Crippen molar-refractivity contribution in [2.45, 2.75) is 13.8 Å². The van der Waals surface area contributed by atoms with Crippen molar-refractivity contribution < 1.29 is 14.3 Å². The van der Waals surface area contributed by atoms with Crippen LogP contribution in [0.3, 0.4) is 0 Å². The topological polar surface area (TPSA) is 58.6 Å². The van der Waals surface area contributed by atoms with Crippen molar-refractivity contribution in [1.29, 1.82) is 0 Å². The summed E-state index contributed by atoms with van der Waals surface area (Å²) in [5.74, 6) is -0.442. The fourth-order valence-corrected chi connectivity index (χ4v) is 1.51. The SMILES string of the molecule is CCN(CC)C(=O)C(=O)Nc1ccc(OC)cc1. The number of amides is 2. The average Bonchev–Trinajstić information content (AvgIpc) is 2.40. The van der Waals surface area contributed by atoms with Gasteiger partial charge in [0.15, 0.2) is 0 Å². The highest BCUT2D eigenvalue weighted by Crippen LogP contribution is 2.14. The second-order valence-corrected chi connectivity index (χ2v) is 3.66. The number of benzene rings is 1. The summed E-state index contributed by atoms with van der Waals surface area (Å²) < 4.78 is 5.01. The quantitative estimate of drug-likeness (QED) is 0.824. The van der Waals surface area contributed by atoms with Crippen LogP contribution in [0.4, 0.5) is 5.69 Å². The highest BCUT2D eigenvalue weighted by molar-refractivity contribution is 6.39. The van der Waals surface area contributed by atoms with Crippen LogP contribution in [-0.4, -0.2) is 36.9 Å². The standard InChI is InChI=1S/C13H18N2O3/c1-4-15(5-2)13(17)12(16)14-10-6-8-11(18-3)9-7-10/h6-9H,4-5H2,1-3H3,(H,14,16). The lowest BCUT2D eigenvalue weighted by atomic mass is 10.3. The molecular formula is C13H18N2O3. The average molecular weight is 250 g/mol. The molecule has 0 aromatic heterocycles. The molecule has 0 heterocycles. The van der Waals surface area contributed by atoms with Gasteiger partial charge in [-0.1, -0.05) is 0 Å². The van der Waals surface area contributed by atoms with Crippen LogP contribution < -0.4 is 10.1 Å². The summed E-state index contributed by atoms with van der Waals surface area (Å²) in [5, 5.41) is 2.56. The summed E-state index contributed by atoms with van der Waals surface area (Å²) in [6.07, 6.45) is 0. The number of hydrogen-bond donors (Lipinski definition) is 1. The fourth-order valence-electron chi connectivity index (χ4n) is 1.51. The predicted octanol–water partition coefficient (Wildman–Crippen LogP) is 1.50. The van der Waals surface area contributed by atoms with Crippen molar-refractivity contribution in [1.82, 2.24) is 4.90 Å². The fraction of sp³-hybridized carbons (Fsp3) is 0.385. The number of methoxy groups -OCH3 is 1. The smallest absolute Gasteiger partial charge is 0.313 e. The Morgan fingerprint density at radius 1 is 1.17 bits per heavy atom. The van der Waals surface area contributed by atoms with E-state index in [1.165, 1.54) is 4.90 Å². The molecule has 98 valence electrons. The highest BCUT2D eigenvalue weighted by Gasteiger charge is 2.19. The van der Waals surface area contributed by atoms with E-state index in [0.717, 1.165) is 0 Å². The molecule has 1 rings (SSSR count). The van der Waals surface area contributed by atoms with Gasteiger partial charge in [-0.15, -0.1) is 0 Å². The Hall–Kier alpha value is -2.04. The minimum Gasteiger partial charge on any atom is -0.497 e. The molecule has 0 radical (unpaired) electrons. The van der Waals surface area contributed by atoms with Crippen LogP contribution in [-0.2, 0) is 9.59 Å². The third-order valence-electron chi connectivity index (χ3n) is 2.59. The summed E-state index contributed by atoms with van der Waals surface area (Å²) >= 11 is 0. The minimum absolute atomic E-state index is 0.518. The maximum absolute atomic E-state index is 11.7. The summed E-state index contributed by atoms with van der Waals surface area (Å²) in [6.45, 7) is 4.71. The van der Waals surface area contributed by atoms with Gasteiger partial charge in [-0.05, 0) is 38.1 Å². The first kappa shape index (κ1) is 14.0. The van der Waals surface area contributed by atoms with Gasteiger partial charge in [0.25, 0.3) is 0 Å². The third kappa shape index (κ3) is 3.48. The molecule has 0 fully saturated rings. The van der Waals surface area contributed by atoms with Crippen LogP contribution in [0.2, 0.25) is 0 Å². The number of nitrogens with zero attached hydrogens (tertiary/aromatic N) is 1. The van der Waals surface area contributed by atoms with Gasteiger partial charge < -0.3 is 15.0 Å². The second-order valence-electron chi connectivity index (χ2n) is 3.66. The largest absolute Gasteiger partial charge is 0.497 e. The van der Waals surface area contributed by atoms with Crippen molar-refractivity contribution >= 4 is 17.5 Å². The molecule has 0 saturated heterocycles. The lowest BCUT2D eigenvalue weighted by molar-refractivity contribution is -0.142. The van der Waals surface area contributed by atoms with E-state index in [2.05, 4.69) is 5.32 Å².